The second-order valence-corrected chi connectivity index (χ2v) is 10.6. The quantitative estimate of drug-likeness (QED) is 0.216. The Labute approximate surface area is 232 Å². The molecule has 0 unspecified atom stereocenters. The Bertz CT molecular complexity index is 1950. The van der Waals surface area contributed by atoms with E-state index in [1.165, 1.54) is 33.6 Å². The van der Waals surface area contributed by atoms with Gasteiger partial charge in [0.15, 0.2) is 0 Å². The van der Waals surface area contributed by atoms with E-state index in [0.29, 0.717) is 0 Å². The molecule has 0 spiro atoms. The van der Waals surface area contributed by atoms with Crippen LogP contribution in [0.5, 0.6) is 11.5 Å². The number of hydrogen-bond acceptors (Lipinski definition) is 4. The molecule has 7 rings (SSSR count). The van der Waals surface area contributed by atoms with Gasteiger partial charge in [-0.2, -0.15) is 0 Å². The van der Waals surface area contributed by atoms with E-state index in [9.17, 15) is 0 Å². The van der Waals surface area contributed by atoms with E-state index in [1.54, 1.807) is 0 Å². The van der Waals surface area contributed by atoms with Gasteiger partial charge in [0, 0.05) is 63.8 Å². The number of fused-ring (bicyclic) bond motifs is 5. The van der Waals surface area contributed by atoms with Crippen molar-refractivity contribution in [3.8, 4) is 17.3 Å². The Balaban J connectivity index is 1.26. The first-order valence-corrected chi connectivity index (χ1v) is 13.4. The highest BCUT2D eigenvalue weighted by Gasteiger charge is 2.35. The van der Waals surface area contributed by atoms with Gasteiger partial charge in [0.25, 0.3) is 0 Å². The van der Waals surface area contributed by atoms with Gasteiger partial charge < -0.3 is 15.5 Å². The molecule has 0 aliphatic carbocycles. The summed E-state index contributed by atoms with van der Waals surface area (Å²) in [5, 5.41) is 13.5. The average Bonchev–Trinajstić information content (AvgIpc) is 3.31. The molecule has 2 aromatic heterocycles. The van der Waals surface area contributed by atoms with Crippen molar-refractivity contribution in [2.24, 2.45) is 0 Å². The zero-order valence-electron chi connectivity index (χ0n) is 22.3. The number of aromatic nitrogens is 2. The Morgan fingerprint density at radius 2 is 1.62 bits per heavy atom. The highest BCUT2D eigenvalue weighted by atomic mass is 16.5. The fourth-order valence-corrected chi connectivity index (χ4v) is 5.83. The number of allylic oxidation sites excluding steroid dienone is 1. The summed E-state index contributed by atoms with van der Waals surface area (Å²) in [5.74, 6) is 2.46. The van der Waals surface area contributed by atoms with Gasteiger partial charge in [0.05, 0.1) is 11.0 Å². The van der Waals surface area contributed by atoms with E-state index >= 15 is 0 Å². The lowest BCUT2D eigenvalue weighted by atomic mass is 9.76. The molecule has 0 radical (unpaired) electrons. The number of benzene rings is 4. The van der Waals surface area contributed by atoms with Crippen molar-refractivity contribution in [2.75, 3.05) is 5.32 Å². The van der Waals surface area contributed by atoms with E-state index in [0.717, 1.165) is 39.7 Å². The van der Waals surface area contributed by atoms with Crippen molar-refractivity contribution < 1.29 is 4.74 Å². The molecule has 5 heteroatoms. The lowest BCUT2D eigenvalue weighted by Crippen LogP contribution is -2.26. The predicted octanol–water partition coefficient (Wildman–Crippen LogP) is 8.71. The molecular formula is C35H28N4O. The molecule has 1 aliphatic heterocycles. The van der Waals surface area contributed by atoms with Crippen LogP contribution in [0, 0.1) is 5.41 Å². The first-order valence-electron chi connectivity index (χ1n) is 13.4. The molecular weight excluding hydrogens is 492 g/mol. The van der Waals surface area contributed by atoms with Crippen LogP contribution in [0.3, 0.4) is 0 Å². The summed E-state index contributed by atoms with van der Waals surface area (Å²) in [4.78, 5) is 4.84. The number of pyridine rings is 1. The van der Waals surface area contributed by atoms with Crippen molar-refractivity contribution >= 4 is 39.3 Å². The van der Waals surface area contributed by atoms with Gasteiger partial charge in [0.1, 0.15) is 17.3 Å². The summed E-state index contributed by atoms with van der Waals surface area (Å²) in [6.45, 7) is 4.55. The van der Waals surface area contributed by atoms with E-state index in [2.05, 4.69) is 60.1 Å². The normalized spacial score (nSPS) is 13.7. The number of anilines is 1. The maximum atomic E-state index is 7.81. The van der Waals surface area contributed by atoms with E-state index in [1.807, 2.05) is 79.1 Å². The molecule has 0 atom stereocenters. The number of hydrogen-bond donors (Lipinski definition) is 2. The van der Waals surface area contributed by atoms with E-state index in [-0.39, 0.29) is 5.41 Å². The number of para-hydroxylation sites is 1. The standard InChI is InChI=1S/C35H28N4O/c1-35(2)30-14-7-13-29-28-17-16-27(20-32(28)39(33(29)30)34-31(35)15-8-18-37-34)40-26-12-6-11-25(19-26)38-22-24(21-36)23-9-4-3-5-10-23/h3-22,36,38H,1-2H3. The average molecular weight is 521 g/mol. The summed E-state index contributed by atoms with van der Waals surface area (Å²) in [5.41, 5.74) is 7.31. The molecule has 3 heterocycles. The number of nitrogens with zero attached hydrogens (tertiary/aromatic N) is 2. The lowest BCUT2D eigenvalue weighted by Gasteiger charge is -2.33. The largest absolute Gasteiger partial charge is 0.457 e. The van der Waals surface area contributed by atoms with Crippen LogP contribution in [0.4, 0.5) is 5.69 Å². The molecule has 40 heavy (non-hydrogen) atoms. The first-order chi connectivity index (χ1) is 19.5. The fraction of sp³-hybridized carbons (Fsp3) is 0.0857. The number of ether oxygens (including phenoxy) is 1. The van der Waals surface area contributed by atoms with Gasteiger partial charge in [-0.3, -0.25) is 4.57 Å². The zero-order valence-corrected chi connectivity index (χ0v) is 22.3. The predicted molar refractivity (Wildman–Crippen MR) is 164 cm³/mol. The highest BCUT2D eigenvalue weighted by molar-refractivity contribution is 6.11. The Morgan fingerprint density at radius 3 is 2.48 bits per heavy atom. The van der Waals surface area contributed by atoms with Crippen LogP contribution >= 0.6 is 0 Å². The van der Waals surface area contributed by atoms with Crippen molar-refractivity contribution in [3.63, 3.8) is 0 Å². The molecule has 5 nitrogen and oxygen atoms in total. The minimum absolute atomic E-state index is 0.146. The minimum atomic E-state index is -0.146. The lowest BCUT2D eigenvalue weighted by molar-refractivity contribution is 0.483. The van der Waals surface area contributed by atoms with Gasteiger partial charge in [-0.1, -0.05) is 74.5 Å². The Kier molecular flexibility index (Phi) is 5.53. The third-order valence-corrected chi connectivity index (χ3v) is 7.83. The van der Waals surface area contributed by atoms with Crippen molar-refractivity contribution in [3.05, 3.63) is 132 Å². The highest BCUT2D eigenvalue weighted by Crippen LogP contribution is 2.47. The summed E-state index contributed by atoms with van der Waals surface area (Å²) in [6, 6.07) is 34.8. The van der Waals surface area contributed by atoms with Gasteiger partial charge >= 0.3 is 0 Å². The second-order valence-electron chi connectivity index (χ2n) is 10.6. The van der Waals surface area contributed by atoms with Crippen LogP contribution in [-0.2, 0) is 5.41 Å². The van der Waals surface area contributed by atoms with Gasteiger partial charge in [-0.15, -0.1) is 0 Å². The van der Waals surface area contributed by atoms with Crippen molar-refractivity contribution in [1.29, 1.82) is 5.41 Å². The van der Waals surface area contributed by atoms with Gasteiger partial charge in [-0.05, 0) is 41.5 Å². The summed E-state index contributed by atoms with van der Waals surface area (Å²) < 4.78 is 8.67. The van der Waals surface area contributed by atoms with Crippen molar-refractivity contribution in [2.45, 2.75) is 19.3 Å². The molecule has 194 valence electrons. The van der Waals surface area contributed by atoms with Gasteiger partial charge in [-0.25, -0.2) is 4.98 Å². The molecule has 4 aromatic carbocycles. The first kappa shape index (κ1) is 23.9. The minimum Gasteiger partial charge on any atom is -0.457 e. The Morgan fingerprint density at radius 1 is 0.825 bits per heavy atom. The zero-order chi connectivity index (χ0) is 27.3. The van der Waals surface area contributed by atoms with Crippen LogP contribution in [0.2, 0.25) is 0 Å². The molecule has 6 aromatic rings. The summed E-state index contributed by atoms with van der Waals surface area (Å²) in [7, 11) is 0. The maximum Gasteiger partial charge on any atom is 0.141 e. The third kappa shape index (κ3) is 3.78. The van der Waals surface area contributed by atoms with Crippen molar-refractivity contribution in [1.82, 2.24) is 9.55 Å². The summed E-state index contributed by atoms with van der Waals surface area (Å²) in [6.07, 6.45) is 5.06. The Hall–Kier alpha value is -5.16. The molecule has 0 bridgehead atoms. The van der Waals surface area contributed by atoms with Crippen LogP contribution in [0.1, 0.15) is 30.5 Å². The third-order valence-electron chi connectivity index (χ3n) is 7.83. The smallest absolute Gasteiger partial charge is 0.141 e. The molecule has 0 amide bonds. The van der Waals surface area contributed by atoms with Crippen LogP contribution < -0.4 is 10.1 Å². The topological polar surface area (TPSA) is 62.9 Å². The monoisotopic (exact) mass is 520 g/mol. The second kappa shape index (κ2) is 9.24. The molecule has 0 fully saturated rings. The molecule has 1 aliphatic rings. The van der Waals surface area contributed by atoms with Gasteiger partial charge in [0.2, 0.25) is 0 Å². The fourth-order valence-electron chi connectivity index (χ4n) is 5.83. The number of nitrogens with one attached hydrogen (secondary N) is 2. The SMILES string of the molecule is CC1(C)c2cccnc2-n2c3cc(Oc4cccc(NC=C(C=N)c5ccccc5)c4)ccc3c3cccc1c32. The van der Waals surface area contributed by atoms with Crippen LogP contribution in [-0.4, -0.2) is 15.8 Å². The van der Waals surface area contributed by atoms with Crippen LogP contribution in [0.15, 0.2) is 116 Å². The maximum absolute atomic E-state index is 7.81. The number of rotatable bonds is 6. The van der Waals surface area contributed by atoms with E-state index in [4.69, 9.17) is 15.1 Å². The molecule has 0 saturated heterocycles. The molecule has 0 saturated carbocycles. The summed E-state index contributed by atoms with van der Waals surface area (Å²) >= 11 is 0. The van der Waals surface area contributed by atoms with Crippen LogP contribution in [0.25, 0.3) is 33.2 Å². The van der Waals surface area contributed by atoms with E-state index < -0.39 is 0 Å². The molecule has 2 N–H and O–H groups in total.